The highest BCUT2D eigenvalue weighted by Crippen LogP contribution is 2.64. The average Bonchev–Trinajstić information content (AvgIpc) is 3.20. The molecule has 2 aromatic heterocycles. The maximum Gasteiger partial charge on any atom is 0.451 e. The van der Waals surface area contributed by atoms with Crippen molar-refractivity contribution in [3.05, 3.63) is 29.8 Å². The van der Waals surface area contributed by atoms with Crippen LogP contribution in [0.1, 0.15) is 56.6 Å². The lowest BCUT2D eigenvalue weighted by molar-refractivity contribution is -0.144. The first-order valence-corrected chi connectivity index (χ1v) is 12.7. The summed E-state index contributed by atoms with van der Waals surface area (Å²) in [6, 6.07) is 4.33. The van der Waals surface area contributed by atoms with E-state index in [0.29, 0.717) is 34.9 Å². The van der Waals surface area contributed by atoms with E-state index in [1.165, 1.54) is 56.1 Å². The molecule has 0 amide bonds. The van der Waals surface area contributed by atoms with Crippen LogP contribution in [-0.2, 0) is 6.18 Å². The second kappa shape index (κ2) is 7.19. The van der Waals surface area contributed by atoms with Crippen molar-refractivity contribution >= 4 is 11.8 Å². The molecule has 5 nitrogen and oxygen atoms in total. The predicted molar refractivity (Wildman–Crippen MR) is 117 cm³/mol. The number of halogens is 3. The zero-order chi connectivity index (χ0) is 22.3. The van der Waals surface area contributed by atoms with Crippen molar-refractivity contribution < 1.29 is 13.2 Å². The molecule has 0 N–H and O–H groups in total. The molecule has 2 saturated heterocycles. The van der Waals surface area contributed by atoms with Crippen LogP contribution in [0, 0.1) is 17.3 Å². The molecule has 2 aromatic rings. The Balaban J connectivity index is 1.20. The molecule has 0 bridgehead atoms. The van der Waals surface area contributed by atoms with Gasteiger partial charge in [0.05, 0.1) is 5.69 Å². The Kier molecular flexibility index (Phi) is 4.71. The van der Waals surface area contributed by atoms with Crippen molar-refractivity contribution in [3.8, 4) is 11.4 Å². The Hall–Kier alpha value is -1.61. The summed E-state index contributed by atoms with van der Waals surface area (Å²) in [7, 11) is 0. The Morgan fingerprint density at radius 2 is 1.91 bits per heavy atom. The molecule has 4 aliphatic rings. The molecule has 2 atom stereocenters. The Labute approximate surface area is 190 Å². The zero-order valence-corrected chi connectivity index (χ0v) is 19.2. The molecule has 4 heterocycles. The second-order valence-corrected chi connectivity index (χ2v) is 11.4. The summed E-state index contributed by atoms with van der Waals surface area (Å²) in [6.45, 7) is 6.67. The molecule has 172 valence electrons. The summed E-state index contributed by atoms with van der Waals surface area (Å²) >= 11 is 2.08. The Bertz CT molecular complexity index is 1020. The van der Waals surface area contributed by atoms with Gasteiger partial charge in [-0.1, -0.05) is 0 Å². The minimum atomic E-state index is -4.56. The minimum absolute atomic E-state index is 0.148. The third kappa shape index (κ3) is 3.38. The van der Waals surface area contributed by atoms with Gasteiger partial charge in [-0.05, 0) is 63.6 Å². The topological polar surface area (TPSA) is 46.8 Å². The van der Waals surface area contributed by atoms with Crippen LogP contribution in [0.25, 0.3) is 11.4 Å². The fraction of sp³-hybridized carbons (Fsp3) is 0.696. The van der Waals surface area contributed by atoms with E-state index in [1.807, 2.05) is 10.7 Å². The molecule has 2 saturated carbocycles. The van der Waals surface area contributed by atoms with Gasteiger partial charge in [-0.15, -0.1) is 0 Å². The van der Waals surface area contributed by atoms with Gasteiger partial charge in [-0.3, -0.25) is 9.58 Å². The summed E-state index contributed by atoms with van der Waals surface area (Å²) < 4.78 is 41.2. The fourth-order valence-corrected chi connectivity index (χ4v) is 7.54. The van der Waals surface area contributed by atoms with Gasteiger partial charge < -0.3 is 0 Å². The van der Waals surface area contributed by atoms with E-state index in [-0.39, 0.29) is 11.7 Å². The Morgan fingerprint density at radius 1 is 1.16 bits per heavy atom. The number of alkyl halides is 3. The molecular formula is C23H28F3N5S. The number of hydrogen-bond acceptors (Lipinski definition) is 5. The number of aromatic nitrogens is 4. The van der Waals surface area contributed by atoms with Crippen molar-refractivity contribution in [2.75, 3.05) is 24.6 Å². The standard InChI is InChI=1S/C23H28F3N5S/c1-13(2)31-19(9-18(29-31)17-3-5-27-21(28-17)23(24,25)26)20-15-7-14(8-16(15)20)30-6-4-22(10-30)11-32-12-22/h3,5,9,13-16,20H,4,6-8,10-12H2,1-2H3. The van der Waals surface area contributed by atoms with Crippen LogP contribution < -0.4 is 0 Å². The first kappa shape index (κ1) is 21.0. The van der Waals surface area contributed by atoms with Crippen LogP contribution in [0.3, 0.4) is 0 Å². The Morgan fingerprint density at radius 3 is 2.50 bits per heavy atom. The van der Waals surface area contributed by atoms with E-state index in [4.69, 9.17) is 0 Å². The molecule has 2 aliphatic heterocycles. The van der Waals surface area contributed by atoms with Gasteiger partial charge in [0.2, 0.25) is 5.82 Å². The lowest BCUT2D eigenvalue weighted by atomic mass is 9.91. The quantitative estimate of drug-likeness (QED) is 0.647. The van der Waals surface area contributed by atoms with Crippen molar-refractivity contribution in [1.29, 1.82) is 0 Å². The van der Waals surface area contributed by atoms with Gasteiger partial charge in [0.25, 0.3) is 0 Å². The van der Waals surface area contributed by atoms with Crippen LogP contribution in [0.2, 0.25) is 0 Å². The van der Waals surface area contributed by atoms with Crippen LogP contribution in [0.4, 0.5) is 13.2 Å². The van der Waals surface area contributed by atoms with Crippen LogP contribution >= 0.6 is 11.8 Å². The third-order valence-electron chi connectivity index (χ3n) is 7.99. The first-order valence-electron chi connectivity index (χ1n) is 11.6. The van der Waals surface area contributed by atoms with E-state index in [9.17, 15) is 13.2 Å². The maximum atomic E-state index is 13.1. The van der Waals surface area contributed by atoms with Gasteiger partial charge in [0.15, 0.2) is 0 Å². The summed E-state index contributed by atoms with van der Waals surface area (Å²) in [5, 5.41) is 4.67. The average molecular weight is 464 g/mol. The van der Waals surface area contributed by atoms with Gasteiger partial charge in [0.1, 0.15) is 5.69 Å². The predicted octanol–water partition coefficient (Wildman–Crippen LogP) is 4.87. The summed E-state index contributed by atoms with van der Waals surface area (Å²) in [5.74, 6) is 3.36. The summed E-state index contributed by atoms with van der Waals surface area (Å²) in [4.78, 5) is 9.88. The normalized spacial score (nSPS) is 31.3. The van der Waals surface area contributed by atoms with Crippen molar-refractivity contribution in [2.45, 2.75) is 57.3 Å². The SMILES string of the molecule is CC(C)n1nc(-c2ccnc(C(F)(F)F)n2)cc1C1C2CC(N3CCC4(CSC4)C3)CC21. The molecular weight excluding hydrogens is 435 g/mol. The molecule has 4 fully saturated rings. The number of hydrogen-bond donors (Lipinski definition) is 0. The number of nitrogens with zero attached hydrogens (tertiary/aromatic N) is 5. The van der Waals surface area contributed by atoms with Crippen molar-refractivity contribution in [1.82, 2.24) is 24.6 Å². The van der Waals surface area contributed by atoms with Crippen LogP contribution in [0.15, 0.2) is 18.3 Å². The lowest BCUT2D eigenvalue weighted by Crippen LogP contribution is -2.41. The molecule has 32 heavy (non-hydrogen) atoms. The molecule has 2 aliphatic carbocycles. The highest BCUT2D eigenvalue weighted by molar-refractivity contribution is 8.00. The second-order valence-electron chi connectivity index (χ2n) is 10.4. The van der Waals surface area contributed by atoms with E-state index >= 15 is 0 Å². The number of fused-ring (bicyclic) bond motifs is 1. The monoisotopic (exact) mass is 463 g/mol. The lowest BCUT2D eigenvalue weighted by Gasteiger charge is -2.38. The first-order chi connectivity index (χ1) is 15.2. The fourth-order valence-electron chi connectivity index (χ4n) is 6.29. The van der Waals surface area contributed by atoms with Gasteiger partial charge in [-0.2, -0.15) is 30.0 Å². The highest BCUT2D eigenvalue weighted by atomic mass is 32.2. The van der Waals surface area contributed by atoms with Crippen LogP contribution in [0.5, 0.6) is 0 Å². The van der Waals surface area contributed by atoms with Crippen molar-refractivity contribution in [3.63, 3.8) is 0 Å². The third-order valence-corrected chi connectivity index (χ3v) is 9.62. The van der Waals surface area contributed by atoms with E-state index in [0.717, 1.165) is 5.69 Å². The molecule has 6 rings (SSSR count). The van der Waals surface area contributed by atoms with Crippen LogP contribution in [-0.4, -0.2) is 55.3 Å². The molecule has 1 spiro atoms. The van der Waals surface area contributed by atoms with E-state index < -0.39 is 12.0 Å². The summed E-state index contributed by atoms with van der Waals surface area (Å²) in [6.07, 6.45) is 0.441. The largest absolute Gasteiger partial charge is 0.451 e. The number of likely N-dealkylation sites (tertiary alicyclic amines) is 1. The van der Waals surface area contributed by atoms with E-state index in [1.54, 1.807) is 0 Å². The zero-order valence-electron chi connectivity index (χ0n) is 18.3. The van der Waals surface area contributed by atoms with Gasteiger partial charge >= 0.3 is 6.18 Å². The number of thioether (sulfide) groups is 1. The van der Waals surface area contributed by atoms with Crippen molar-refractivity contribution in [2.24, 2.45) is 17.3 Å². The van der Waals surface area contributed by atoms with E-state index in [2.05, 4.69) is 45.6 Å². The highest BCUT2D eigenvalue weighted by Gasteiger charge is 2.59. The molecule has 2 unspecified atom stereocenters. The molecule has 0 radical (unpaired) electrons. The maximum absolute atomic E-state index is 13.1. The summed E-state index contributed by atoms with van der Waals surface area (Å²) in [5.41, 5.74) is 2.50. The smallest absolute Gasteiger partial charge is 0.300 e. The molecule has 0 aromatic carbocycles. The minimum Gasteiger partial charge on any atom is -0.300 e. The number of rotatable bonds is 4. The van der Waals surface area contributed by atoms with Gasteiger partial charge in [0, 0.05) is 53.4 Å². The molecule has 9 heteroatoms. The van der Waals surface area contributed by atoms with Gasteiger partial charge in [-0.25, -0.2) is 9.97 Å².